The Labute approximate surface area is 112 Å². The highest BCUT2D eigenvalue weighted by molar-refractivity contribution is 7.91. The van der Waals surface area contributed by atoms with Gasteiger partial charge >= 0.3 is 0 Å². The Balaban J connectivity index is 2.19. The number of rotatable bonds is 3. The Morgan fingerprint density at radius 2 is 2.05 bits per heavy atom. The van der Waals surface area contributed by atoms with E-state index in [1.165, 1.54) is 29.6 Å². The average molecular weight is 300 g/mol. The van der Waals surface area contributed by atoms with Crippen LogP contribution in [0.5, 0.6) is 0 Å². The molecule has 3 N–H and O–H groups in total. The van der Waals surface area contributed by atoms with Crippen LogP contribution in [0.15, 0.2) is 39.9 Å². The third kappa shape index (κ3) is 3.37. The van der Waals surface area contributed by atoms with Gasteiger partial charge in [-0.1, -0.05) is 6.07 Å². The molecule has 0 aliphatic heterocycles. The van der Waals surface area contributed by atoms with Crippen LogP contribution in [0.1, 0.15) is 10.4 Å². The van der Waals surface area contributed by atoms with Crippen molar-refractivity contribution in [1.82, 2.24) is 0 Å². The molecule has 100 valence electrons. The normalized spacial score (nSPS) is 11.3. The average Bonchev–Trinajstić information content (AvgIpc) is 2.77. The zero-order valence-corrected chi connectivity index (χ0v) is 11.1. The van der Waals surface area contributed by atoms with Crippen molar-refractivity contribution >= 4 is 33.0 Å². The number of halogens is 1. The second-order valence-electron chi connectivity index (χ2n) is 3.66. The number of anilines is 1. The van der Waals surface area contributed by atoms with Crippen LogP contribution in [0.4, 0.5) is 10.1 Å². The fourth-order valence-corrected chi connectivity index (χ4v) is 2.94. The second kappa shape index (κ2) is 5.08. The summed E-state index contributed by atoms with van der Waals surface area (Å²) in [6, 6.07) is 6.56. The molecule has 0 fully saturated rings. The smallest absolute Gasteiger partial charge is 0.256 e. The van der Waals surface area contributed by atoms with E-state index in [1.54, 1.807) is 0 Å². The fraction of sp³-hybridized carbons (Fsp3) is 0. The number of nitrogens with one attached hydrogen (secondary N) is 1. The van der Waals surface area contributed by atoms with Crippen LogP contribution in [0.2, 0.25) is 0 Å². The summed E-state index contributed by atoms with van der Waals surface area (Å²) in [5, 5.41) is 8.77. The summed E-state index contributed by atoms with van der Waals surface area (Å²) in [6.45, 7) is 0. The molecule has 0 bridgehead atoms. The molecule has 2 aromatic rings. The summed E-state index contributed by atoms with van der Waals surface area (Å²) in [4.78, 5) is 11.8. The number of hydrogen-bond donors (Lipinski definition) is 2. The summed E-state index contributed by atoms with van der Waals surface area (Å²) in [5.74, 6) is -1.01. The molecule has 5 nitrogen and oxygen atoms in total. The van der Waals surface area contributed by atoms with Gasteiger partial charge in [0.05, 0.1) is 5.56 Å². The Bertz CT molecular complexity index is 725. The van der Waals surface area contributed by atoms with Gasteiger partial charge in [0.25, 0.3) is 5.91 Å². The van der Waals surface area contributed by atoms with Crippen molar-refractivity contribution in [2.24, 2.45) is 5.14 Å². The van der Waals surface area contributed by atoms with Crippen LogP contribution in [-0.4, -0.2) is 14.3 Å². The third-order valence-corrected chi connectivity index (χ3v) is 4.59. The van der Waals surface area contributed by atoms with E-state index in [0.29, 0.717) is 0 Å². The molecule has 1 heterocycles. The number of primary sulfonamides is 1. The molecule has 2 rings (SSSR count). The van der Waals surface area contributed by atoms with Crippen molar-refractivity contribution in [3.63, 3.8) is 0 Å². The Morgan fingerprint density at radius 3 is 2.63 bits per heavy atom. The molecule has 1 amide bonds. The molecule has 0 radical (unpaired) electrons. The minimum Gasteiger partial charge on any atom is -0.322 e. The maximum atomic E-state index is 12.9. The third-order valence-electron chi connectivity index (χ3n) is 2.20. The molecule has 8 heteroatoms. The highest BCUT2D eigenvalue weighted by atomic mass is 32.2. The number of carbonyl (C=O) groups excluding carboxylic acids is 1. The van der Waals surface area contributed by atoms with Gasteiger partial charge in [0.1, 0.15) is 10.0 Å². The zero-order chi connectivity index (χ0) is 14.0. The van der Waals surface area contributed by atoms with Crippen LogP contribution in [0.3, 0.4) is 0 Å². The zero-order valence-electron chi connectivity index (χ0n) is 9.46. The van der Waals surface area contributed by atoms with E-state index in [2.05, 4.69) is 5.32 Å². The van der Waals surface area contributed by atoms with E-state index in [9.17, 15) is 17.6 Å². The molecule has 1 aromatic heterocycles. The first-order chi connectivity index (χ1) is 8.86. The standard InChI is InChI=1S/C11H9FN2O3S2/c12-8-2-1-3-9(5-8)14-11(15)7-4-10(18-6-7)19(13,16)17/h1-6H,(H,14,15)(H2,13,16,17). The largest absolute Gasteiger partial charge is 0.322 e. The fourth-order valence-electron chi connectivity index (χ4n) is 1.35. The van der Waals surface area contributed by atoms with Crippen LogP contribution >= 0.6 is 11.3 Å². The van der Waals surface area contributed by atoms with E-state index in [1.807, 2.05) is 0 Å². The Morgan fingerprint density at radius 1 is 1.32 bits per heavy atom. The molecule has 1 aromatic carbocycles. The maximum absolute atomic E-state index is 12.9. The first kappa shape index (κ1) is 13.7. The molecule has 0 saturated carbocycles. The number of hydrogen-bond acceptors (Lipinski definition) is 4. The lowest BCUT2D eigenvalue weighted by Gasteiger charge is -2.03. The quantitative estimate of drug-likeness (QED) is 0.905. The van der Waals surface area contributed by atoms with Crippen molar-refractivity contribution in [3.05, 3.63) is 47.1 Å². The van der Waals surface area contributed by atoms with Crippen molar-refractivity contribution < 1.29 is 17.6 Å². The number of carbonyl (C=O) groups is 1. The monoisotopic (exact) mass is 300 g/mol. The van der Waals surface area contributed by atoms with Gasteiger partial charge in [-0.2, -0.15) is 0 Å². The topological polar surface area (TPSA) is 89.3 Å². The molecule has 0 aliphatic rings. The number of thiophene rings is 1. The lowest BCUT2D eigenvalue weighted by atomic mass is 10.2. The van der Waals surface area contributed by atoms with Gasteiger partial charge in [0, 0.05) is 11.1 Å². The first-order valence-electron chi connectivity index (χ1n) is 5.04. The molecular weight excluding hydrogens is 291 g/mol. The summed E-state index contributed by atoms with van der Waals surface area (Å²) in [7, 11) is -3.82. The number of amides is 1. The molecule has 0 atom stereocenters. The van der Waals surface area contributed by atoms with E-state index in [-0.39, 0.29) is 15.5 Å². The summed E-state index contributed by atoms with van der Waals surface area (Å²) >= 11 is 0.851. The van der Waals surface area contributed by atoms with Gasteiger partial charge in [-0.15, -0.1) is 11.3 Å². The predicted octanol–water partition coefficient (Wildman–Crippen LogP) is 1.79. The van der Waals surface area contributed by atoms with Gasteiger partial charge in [0.15, 0.2) is 0 Å². The SMILES string of the molecule is NS(=O)(=O)c1cc(C(=O)Nc2cccc(F)c2)cs1. The summed E-state index contributed by atoms with van der Waals surface area (Å²) in [5.41, 5.74) is 0.437. The van der Waals surface area contributed by atoms with Crippen LogP contribution in [0, 0.1) is 5.82 Å². The Kier molecular flexibility index (Phi) is 3.65. The Hall–Kier alpha value is -1.77. The summed E-state index contributed by atoms with van der Waals surface area (Å²) in [6.07, 6.45) is 0. The molecular formula is C11H9FN2O3S2. The molecule has 0 saturated heterocycles. The van der Waals surface area contributed by atoms with E-state index < -0.39 is 21.7 Å². The van der Waals surface area contributed by atoms with Gasteiger partial charge in [0.2, 0.25) is 10.0 Å². The highest BCUT2D eigenvalue weighted by Gasteiger charge is 2.15. The number of nitrogens with two attached hydrogens (primary N) is 1. The van der Waals surface area contributed by atoms with Crippen LogP contribution in [0.25, 0.3) is 0 Å². The van der Waals surface area contributed by atoms with Gasteiger partial charge in [-0.3, -0.25) is 4.79 Å². The van der Waals surface area contributed by atoms with Gasteiger partial charge in [-0.05, 0) is 24.3 Å². The minimum atomic E-state index is -3.82. The first-order valence-corrected chi connectivity index (χ1v) is 7.47. The van der Waals surface area contributed by atoms with E-state index >= 15 is 0 Å². The van der Waals surface area contributed by atoms with Crippen LogP contribution < -0.4 is 10.5 Å². The van der Waals surface area contributed by atoms with E-state index in [4.69, 9.17) is 5.14 Å². The van der Waals surface area contributed by atoms with Crippen molar-refractivity contribution in [3.8, 4) is 0 Å². The maximum Gasteiger partial charge on any atom is 0.256 e. The number of sulfonamides is 1. The highest BCUT2D eigenvalue weighted by Crippen LogP contribution is 2.20. The lowest BCUT2D eigenvalue weighted by molar-refractivity contribution is 0.102. The van der Waals surface area contributed by atoms with Crippen LogP contribution in [-0.2, 0) is 10.0 Å². The number of benzene rings is 1. The lowest BCUT2D eigenvalue weighted by Crippen LogP contribution is -2.12. The summed E-state index contributed by atoms with van der Waals surface area (Å²) < 4.78 is 35.0. The molecule has 0 aliphatic carbocycles. The molecule has 0 unspecified atom stereocenters. The predicted molar refractivity (Wildman–Crippen MR) is 70.0 cm³/mol. The molecule has 19 heavy (non-hydrogen) atoms. The second-order valence-corrected chi connectivity index (χ2v) is 6.36. The van der Waals surface area contributed by atoms with Crippen molar-refractivity contribution in [2.75, 3.05) is 5.32 Å². The van der Waals surface area contributed by atoms with Crippen molar-refractivity contribution in [2.45, 2.75) is 4.21 Å². The van der Waals surface area contributed by atoms with E-state index in [0.717, 1.165) is 17.4 Å². The van der Waals surface area contributed by atoms with Gasteiger partial charge in [-0.25, -0.2) is 17.9 Å². The molecule has 0 spiro atoms. The van der Waals surface area contributed by atoms with Gasteiger partial charge < -0.3 is 5.32 Å². The van der Waals surface area contributed by atoms with Crippen molar-refractivity contribution in [1.29, 1.82) is 0 Å². The minimum absolute atomic E-state index is 0.100.